The quantitative estimate of drug-likeness (QED) is 0.418. The molecule has 4 heteroatoms. The minimum Gasteiger partial charge on any atom is -0.199 e. The summed E-state index contributed by atoms with van der Waals surface area (Å²) in [6, 6.07) is 2.45. The third kappa shape index (κ3) is 2.52. The molecular formula is C36H44N4+2. The highest BCUT2D eigenvalue weighted by atomic mass is 15.6. The van der Waals surface area contributed by atoms with Gasteiger partial charge in [-0.15, -0.1) is 0 Å². The molecule has 206 valence electrons. The normalized spacial score (nSPS) is 27.4. The zero-order valence-electron chi connectivity index (χ0n) is 26.0. The van der Waals surface area contributed by atoms with Crippen LogP contribution in [0.25, 0.3) is 24.3 Å². The van der Waals surface area contributed by atoms with Gasteiger partial charge in [-0.3, -0.25) is 0 Å². The van der Waals surface area contributed by atoms with E-state index in [2.05, 4.69) is 118 Å². The van der Waals surface area contributed by atoms with Crippen LogP contribution in [0.5, 0.6) is 0 Å². The van der Waals surface area contributed by atoms with Crippen LogP contribution >= 0.6 is 0 Å². The first-order valence-corrected chi connectivity index (χ1v) is 15.6. The molecule has 40 heavy (non-hydrogen) atoms. The van der Waals surface area contributed by atoms with Crippen molar-refractivity contribution in [2.45, 2.75) is 100 Å². The van der Waals surface area contributed by atoms with Gasteiger partial charge in [-0.25, -0.2) is 0 Å². The van der Waals surface area contributed by atoms with Crippen molar-refractivity contribution in [1.82, 2.24) is 9.13 Å². The summed E-state index contributed by atoms with van der Waals surface area (Å²) in [5, 5.41) is 2.71. The van der Waals surface area contributed by atoms with Crippen LogP contribution in [-0.2, 0) is 5.91 Å². The summed E-state index contributed by atoms with van der Waals surface area (Å²) in [5.41, 5.74) is 16.2. The molecule has 0 aliphatic carbocycles. The zero-order chi connectivity index (χ0) is 28.2. The molecule has 0 aromatic carbocycles. The molecule has 6 aliphatic rings. The Labute approximate surface area is 238 Å². The minimum atomic E-state index is -0.499. The van der Waals surface area contributed by atoms with Gasteiger partial charge in [0.2, 0.25) is 11.4 Å². The van der Waals surface area contributed by atoms with E-state index in [0.29, 0.717) is 17.8 Å². The molecule has 0 amide bonds. The van der Waals surface area contributed by atoms with E-state index >= 15 is 0 Å². The molecule has 4 nitrogen and oxygen atoms in total. The SMILES string of the molecule is CCC1=C(C)C2=Cc3c([C@H](C)CC)c(C)c4n3[C@@]35n6c(cc(C)c6=CC1=[N+]23)=CC1=[N+]5C(=C4)C(C)[C@@H]1CC(C)(C)C. The largest absolute Gasteiger partial charge is 0.553 e. The Morgan fingerprint density at radius 3 is 2.40 bits per heavy atom. The van der Waals surface area contributed by atoms with Crippen LogP contribution in [0, 0.1) is 31.1 Å². The summed E-state index contributed by atoms with van der Waals surface area (Å²) in [7, 11) is 0. The van der Waals surface area contributed by atoms with Crippen LogP contribution in [0.3, 0.4) is 0 Å². The van der Waals surface area contributed by atoms with Crippen molar-refractivity contribution in [3.05, 3.63) is 67.4 Å². The molecule has 1 unspecified atom stereocenters. The first-order chi connectivity index (χ1) is 18.9. The molecule has 8 heterocycles. The van der Waals surface area contributed by atoms with E-state index in [4.69, 9.17) is 0 Å². The lowest BCUT2D eigenvalue weighted by Gasteiger charge is -2.38. The van der Waals surface area contributed by atoms with Gasteiger partial charge in [0.1, 0.15) is 0 Å². The number of aryl methyl sites for hydroxylation is 1. The average Bonchev–Trinajstić information content (AvgIpc) is 3.55. The highest BCUT2D eigenvalue weighted by Crippen LogP contribution is 2.54. The molecule has 0 bridgehead atoms. The van der Waals surface area contributed by atoms with Crippen molar-refractivity contribution in [2.24, 2.45) is 17.3 Å². The molecule has 4 atom stereocenters. The molecule has 0 fully saturated rings. The van der Waals surface area contributed by atoms with Crippen LogP contribution in [0.1, 0.15) is 109 Å². The summed E-state index contributed by atoms with van der Waals surface area (Å²) >= 11 is 0. The second-order valence-electron chi connectivity index (χ2n) is 14.5. The number of hydrogen-bond acceptors (Lipinski definition) is 0. The minimum absolute atomic E-state index is 0.254. The molecule has 0 N–H and O–H groups in total. The van der Waals surface area contributed by atoms with E-state index in [1.54, 1.807) is 0 Å². The zero-order valence-corrected chi connectivity index (χ0v) is 26.0. The molecule has 0 saturated heterocycles. The van der Waals surface area contributed by atoms with Gasteiger partial charge in [-0.1, -0.05) is 57.6 Å². The average molecular weight is 533 g/mol. The van der Waals surface area contributed by atoms with Crippen LogP contribution in [0.2, 0.25) is 0 Å². The molecule has 2 aromatic rings. The van der Waals surface area contributed by atoms with Gasteiger partial charge < -0.3 is 0 Å². The fraction of sp³-hybridized carbons (Fsp3) is 0.500. The number of rotatable bonds is 4. The Morgan fingerprint density at radius 1 is 0.975 bits per heavy atom. The van der Waals surface area contributed by atoms with E-state index in [-0.39, 0.29) is 5.41 Å². The molecule has 0 saturated carbocycles. The summed E-state index contributed by atoms with van der Waals surface area (Å²) in [6.07, 6.45) is 13.5. The van der Waals surface area contributed by atoms with Crippen molar-refractivity contribution in [3.8, 4) is 0 Å². The van der Waals surface area contributed by atoms with Crippen LogP contribution in [-0.4, -0.2) is 29.7 Å². The van der Waals surface area contributed by atoms with Gasteiger partial charge in [0, 0.05) is 35.5 Å². The summed E-state index contributed by atoms with van der Waals surface area (Å²) < 4.78 is 11.0. The van der Waals surface area contributed by atoms with Gasteiger partial charge in [0.05, 0.1) is 33.9 Å². The lowest BCUT2D eigenvalue weighted by Crippen LogP contribution is -2.70. The predicted molar refractivity (Wildman–Crippen MR) is 165 cm³/mol. The van der Waals surface area contributed by atoms with E-state index in [0.717, 1.165) is 12.8 Å². The Kier molecular flexibility index (Phi) is 4.54. The van der Waals surface area contributed by atoms with Crippen molar-refractivity contribution >= 4 is 35.7 Å². The van der Waals surface area contributed by atoms with Crippen molar-refractivity contribution < 1.29 is 9.15 Å². The standard InChI is InChI=1S/C36H44N4/c1-11-19(3)34-23(7)30-16-28-22(6)26(18-35(8,9)10)31-14-24-13-20(4)27-15-32-25(12-2)21(5)29-17-33(34)40(30)36(37(24)27,38(28)31)39(29)32/h13-17,19,22,26H,11-12,18H2,1-10H3/q+2/t19-,22?,26+,36-/m1/s1. The Hall–Kier alpha value is -3.14. The van der Waals surface area contributed by atoms with Crippen molar-refractivity contribution in [1.29, 1.82) is 0 Å². The number of hydrogen-bond donors (Lipinski definition) is 0. The topological polar surface area (TPSA) is 15.9 Å². The van der Waals surface area contributed by atoms with E-state index in [1.807, 2.05) is 0 Å². The van der Waals surface area contributed by atoms with E-state index in [9.17, 15) is 0 Å². The van der Waals surface area contributed by atoms with E-state index in [1.165, 1.54) is 79.2 Å². The highest BCUT2D eigenvalue weighted by molar-refractivity contribution is 6.20. The number of aromatic nitrogens is 2. The van der Waals surface area contributed by atoms with Crippen LogP contribution < -0.4 is 10.7 Å². The molecule has 6 aliphatic heterocycles. The number of allylic oxidation sites excluding steroid dienone is 3. The lowest BCUT2D eigenvalue weighted by atomic mass is 9.77. The third-order valence-corrected chi connectivity index (χ3v) is 11.0. The van der Waals surface area contributed by atoms with Gasteiger partial charge >= 0.3 is 5.91 Å². The van der Waals surface area contributed by atoms with Gasteiger partial charge in [0.15, 0.2) is 11.4 Å². The Morgan fingerprint density at radius 2 is 1.73 bits per heavy atom. The summed E-state index contributed by atoms with van der Waals surface area (Å²) in [6.45, 7) is 23.9. The smallest absolute Gasteiger partial charge is 0.199 e. The van der Waals surface area contributed by atoms with Crippen molar-refractivity contribution in [2.75, 3.05) is 0 Å². The Balaban J connectivity index is 1.62. The van der Waals surface area contributed by atoms with Gasteiger partial charge in [0.25, 0.3) is 0 Å². The number of nitrogens with zero attached hydrogens (tertiary/aromatic N) is 4. The maximum absolute atomic E-state index is 2.80. The van der Waals surface area contributed by atoms with E-state index < -0.39 is 5.91 Å². The first-order valence-electron chi connectivity index (χ1n) is 15.6. The summed E-state index contributed by atoms with van der Waals surface area (Å²) in [4.78, 5) is 0. The predicted octanol–water partition coefficient (Wildman–Crippen LogP) is 6.18. The maximum atomic E-state index is 2.80. The maximum Gasteiger partial charge on any atom is 0.553 e. The first kappa shape index (κ1) is 24.6. The van der Waals surface area contributed by atoms with Crippen LogP contribution in [0.15, 0.2) is 28.6 Å². The van der Waals surface area contributed by atoms with Crippen molar-refractivity contribution in [3.63, 3.8) is 0 Å². The molecule has 8 rings (SSSR count). The Bertz CT molecular complexity index is 1880. The van der Waals surface area contributed by atoms with Gasteiger partial charge in [-0.05, 0) is 74.1 Å². The lowest BCUT2D eigenvalue weighted by molar-refractivity contribution is -0.836. The molecule has 1 spiro atoms. The van der Waals surface area contributed by atoms with Gasteiger partial charge in [-0.2, -0.15) is 9.13 Å². The fourth-order valence-corrected chi connectivity index (χ4v) is 9.17. The second-order valence-corrected chi connectivity index (χ2v) is 14.5. The highest BCUT2D eigenvalue weighted by Gasteiger charge is 2.73. The second kappa shape index (κ2) is 7.38. The monoisotopic (exact) mass is 532 g/mol. The molecule has 0 radical (unpaired) electrons. The summed E-state index contributed by atoms with van der Waals surface area (Å²) in [5.74, 6) is 0.952. The molecule has 2 aromatic heterocycles. The van der Waals surface area contributed by atoms with Crippen LogP contribution in [0.4, 0.5) is 0 Å². The fourth-order valence-electron chi connectivity index (χ4n) is 9.17. The molecular weight excluding hydrogens is 488 g/mol. The third-order valence-electron chi connectivity index (χ3n) is 11.0.